The van der Waals surface area contributed by atoms with Gasteiger partial charge in [-0.15, -0.1) is 0 Å². The topological polar surface area (TPSA) is 46.6 Å². The molecule has 0 N–H and O–H groups in total. The van der Waals surface area contributed by atoms with E-state index in [1.165, 1.54) is 12.1 Å². The summed E-state index contributed by atoms with van der Waals surface area (Å²) in [4.78, 5) is 30.2. The van der Waals surface area contributed by atoms with Gasteiger partial charge in [0.15, 0.2) is 0 Å². The fourth-order valence-electron chi connectivity index (χ4n) is 6.73. The zero-order chi connectivity index (χ0) is 28.0. The summed E-state index contributed by atoms with van der Waals surface area (Å²) in [5.74, 6) is -2.03. The number of carbonyl (C=O) groups is 2. The van der Waals surface area contributed by atoms with Crippen molar-refractivity contribution in [2.75, 3.05) is 4.90 Å². The van der Waals surface area contributed by atoms with Crippen LogP contribution >= 0.6 is 0 Å². The Kier molecular flexibility index (Phi) is 5.82. The summed E-state index contributed by atoms with van der Waals surface area (Å²) >= 11 is 0. The molecule has 0 aromatic heterocycles. The number of fused-ring (bicyclic) bond motifs is 2. The van der Waals surface area contributed by atoms with Crippen LogP contribution in [-0.2, 0) is 25.5 Å². The van der Waals surface area contributed by atoms with Gasteiger partial charge in [-0.1, -0.05) is 121 Å². The third kappa shape index (κ3) is 3.59. The molecule has 5 aromatic rings. The summed E-state index contributed by atoms with van der Waals surface area (Å²) in [6.07, 6.45) is 0.00849. The van der Waals surface area contributed by atoms with E-state index >= 15 is 9.18 Å². The zero-order valence-electron chi connectivity index (χ0n) is 22.1. The van der Waals surface area contributed by atoms with Crippen LogP contribution in [0.2, 0.25) is 0 Å². The van der Waals surface area contributed by atoms with Crippen LogP contribution in [0.1, 0.15) is 40.2 Å². The lowest BCUT2D eigenvalue weighted by molar-refractivity contribution is -0.158. The van der Waals surface area contributed by atoms with Crippen LogP contribution in [0.25, 0.3) is 0 Å². The highest BCUT2D eigenvalue weighted by molar-refractivity contribution is 6.12. The lowest BCUT2D eigenvalue weighted by Crippen LogP contribution is -2.54. The number of carbonyl (C=O) groups excluding carboxylic acids is 2. The molecule has 200 valence electrons. The van der Waals surface area contributed by atoms with Crippen molar-refractivity contribution >= 4 is 17.6 Å². The number of hydrogen-bond donors (Lipinski definition) is 0. The number of rotatable bonds is 5. The molecule has 2 aliphatic heterocycles. The summed E-state index contributed by atoms with van der Waals surface area (Å²) in [6.45, 7) is 0. The molecular formula is C36H26FNO3. The number of benzene rings is 5. The Hall–Kier alpha value is -5.03. The van der Waals surface area contributed by atoms with E-state index in [4.69, 9.17) is 4.74 Å². The van der Waals surface area contributed by atoms with Crippen LogP contribution in [0.3, 0.4) is 0 Å². The average Bonchev–Trinajstić information content (AvgIpc) is 3.50. The van der Waals surface area contributed by atoms with E-state index in [1.54, 1.807) is 11.0 Å². The maximum atomic E-state index is 15.3. The molecular weight excluding hydrogens is 513 g/mol. The minimum absolute atomic E-state index is 0.00849. The largest absolute Gasteiger partial charge is 0.443 e. The van der Waals surface area contributed by atoms with Crippen LogP contribution in [0.4, 0.5) is 10.1 Å². The maximum Gasteiger partial charge on any atom is 0.308 e. The van der Waals surface area contributed by atoms with Crippen LogP contribution in [0, 0.1) is 5.82 Å². The van der Waals surface area contributed by atoms with Crippen molar-refractivity contribution in [1.29, 1.82) is 0 Å². The second kappa shape index (κ2) is 9.56. The predicted octanol–water partition coefficient (Wildman–Crippen LogP) is 7.09. The van der Waals surface area contributed by atoms with Crippen LogP contribution in [-0.4, -0.2) is 11.9 Å². The maximum absolute atomic E-state index is 15.3. The van der Waals surface area contributed by atoms with Crippen LogP contribution < -0.4 is 4.90 Å². The smallest absolute Gasteiger partial charge is 0.308 e. The summed E-state index contributed by atoms with van der Waals surface area (Å²) < 4.78 is 21.2. The summed E-state index contributed by atoms with van der Waals surface area (Å²) in [5.41, 5.74) is 1.30. The fourth-order valence-corrected chi connectivity index (χ4v) is 6.73. The van der Waals surface area contributed by atoms with Gasteiger partial charge in [0.05, 0.1) is 12.1 Å². The van der Waals surface area contributed by atoms with Crippen molar-refractivity contribution in [1.82, 2.24) is 0 Å². The molecule has 2 aliphatic rings. The highest BCUT2D eigenvalue weighted by atomic mass is 19.1. The third-order valence-corrected chi connectivity index (χ3v) is 8.37. The first-order valence-electron chi connectivity index (χ1n) is 13.6. The molecule has 4 nitrogen and oxygen atoms in total. The first-order valence-corrected chi connectivity index (χ1v) is 13.6. The first-order chi connectivity index (χ1) is 20.1. The van der Waals surface area contributed by atoms with Crippen molar-refractivity contribution in [3.8, 4) is 0 Å². The Morgan fingerprint density at radius 3 is 1.68 bits per heavy atom. The summed E-state index contributed by atoms with van der Waals surface area (Å²) in [7, 11) is 0. The molecule has 5 aromatic carbocycles. The van der Waals surface area contributed by atoms with E-state index in [1.807, 2.05) is 121 Å². The molecule has 0 radical (unpaired) electrons. The van der Waals surface area contributed by atoms with Crippen LogP contribution in [0.15, 0.2) is 140 Å². The standard InChI is InChI=1S/C36H26FNO3/c37-29-21-22-32-31(23-29)36(30(24-33(39)41-36)25-13-5-1-6-14-25)34(40)38(32)35(26-15-7-2-8-16-26,27-17-9-3-10-18-27)28-19-11-4-12-20-28/h1-23,30H,24H2/t30-,36+/m0/s1. The van der Waals surface area contributed by atoms with E-state index in [-0.39, 0.29) is 6.42 Å². The Balaban J connectivity index is 1.59. The molecule has 0 saturated carbocycles. The molecule has 2 atom stereocenters. The number of ether oxygens (including phenoxy) is 1. The quantitative estimate of drug-likeness (QED) is 0.177. The lowest BCUT2D eigenvalue weighted by Gasteiger charge is -2.44. The Morgan fingerprint density at radius 2 is 1.17 bits per heavy atom. The highest BCUT2D eigenvalue weighted by Crippen LogP contribution is 2.60. The van der Waals surface area contributed by atoms with Gasteiger partial charge in [0, 0.05) is 11.5 Å². The molecule has 41 heavy (non-hydrogen) atoms. The van der Waals surface area contributed by atoms with E-state index in [9.17, 15) is 4.79 Å². The highest BCUT2D eigenvalue weighted by Gasteiger charge is 2.66. The molecule has 5 heteroatoms. The molecule has 0 aliphatic carbocycles. The van der Waals surface area contributed by atoms with E-state index in [0.29, 0.717) is 11.3 Å². The zero-order valence-corrected chi connectivity index (χ0v) is 22.1. The first kappa shape index (κ1) is 25.0. The minimum atomic E-state index is -1.72. The van der Waals surface area contributed by atoms with Gasteiger partial charge >= 0.3 is 5.97 Å². The monoisotopic (exact) mass is 539 g/mol. The Bertz CT molecular complexity index is 1650. The number of halogens is 1. The average molecular weight is 540 g/mol. The van der Waals surface area contributed by atoms with Gasteiger partial charge in [-0.3, -0.25) is 14.5 Å². The molecule has 1 amide bonds. The molecule has 0 bridgehead atoms. The number of hydrogen-bond acceptors (Lipinski definition) is 3. The van der Waals surface area contributed by atoms with Crippen molar-refractivity contribution in [3.63, 3.8) is 0 Å². The summed E-state index contributed by atoms with van der Waals surface area (Å²) in [5, 5.41) is 0. The van der Waals surface area contributed by atoms with Gasteiger partial charge in [0.2, 0.25) is 5.60 Å². The number of nitrogens with zero attached hydrogens (tertiary/aromatic N) is 1. The van der Waals surface area contributed by atoms with Gasteiger partial charge in [0.25, 0.3) is 5.91 Å². The number of amides is 1. The van der Waals surface area contributed by atoms with Gasteiger partial charge in [-0.05, 0) is 40.5 Å². The van der Waals surface area contributed by atoms with Gasteiger partial charge in [-0.2, -0.15) is 0 Å². The Labute approximate surface area is 237 Å². The van der Waals surface area contributed by atoms with Crippen molar-refractivity contribution < 1.29 is 18.7 Å². The van der Waals surface area contributed by atoms with Crippen molar-refractivity contribution in [2.45, 2.75) is 23.5 Å². The molecule has 7 rings (SSSR count). The Morgan fingerprint density at radius 1 is 0.683 bits per heavy atom. The predicted molar refractivity (Wildman–Crippen MR) is 155 cm³/mol. The molecule has 2 heterocycles. The lowest BCUT2D eigenvalue weighted by atomic mass is 9.74. The SMILES string of the molecule is O=C1C[C@@H](c2ccccc2)[C@]2(O1)C(=O)N(C(c1ccccc1)(c1ccccc1)c1ccccc1)c1ccc(F)cc12. The number of anilines is 1. The second-order valence-electron chi connectivity index (χ2n) is 10.5. The minimum Gasteiger partial charge on any atom is -0.443 e. The van der Waals surface area contributed by atoms with Crippen LogP contribution in [0.5, 0.6) is 0 Å². The van der Waals surface area contributed by atoms with Gasteiger partial charge < -0.3 is 4.74 Å². The number of esters is 1. The van der Waals surface area contributed by atoms with Gasteiger partial charge in [0.1, 0.15) is 11.4 Å². The van der Waals surface area contributed by atoms with E-state index in [0.717, 1.165) is 22.3 Å². The fraction of sp³-hybridized carbons (Fsp3) is 0.111. The van der Waals surface area contributed by atoms with E-state index < -0.39 is 34.8 Å². The molecule has 1 fully saturated rings. The third-order valence-electron chi connectivity index (χ3n) is 8.37. The normalized spacial score (nSPS) is 19.8. The summed E-state index contributed by atoms with van der Waals surface area (Å²) in [6, 6.07) is 43.2. The van der Waals surface area contributed by atoms with E-state index in [2.05, 4.69) is 0 Å². The molecule has 1 saturated heterocycles. The second-order valence-corrected chi connectivity index (χ2v) is 10.5. The van der Waals surface area contributed by atoms with Gasteiger partial charge in [-0.25, -0.2) is 4.39 Å². The van der Waals surface area contributed by atoms with Crippen molar-refractivity contribution in [2.24, 2.45) is 0 Å². The van der Waals surface area contributed by atoms with Crippen molar-refractivity contribution in [3.05, 3.63) is 173 Å². The molecule has 0 unspecified atom stereocenters. The molecule has 1 spiro atoms.